The number of hydrogen-bond acceptors (Lipinski definition) is 2. The zero-order chi connectivity index (χ0) is 12.3. The van der Waals surface area contributed by atoms with E-state index in [9.17, 15) is 0 Å². The van der Waals surface area contributed by atoms with Gasteiger partial charge in [-0.15, -0.1) is 0 Å². The summed E-state index contributed by atoms with van der Waals surface area (Å²) < 4.78 is 2.12. The van der Waals surface area contributed by atoms with Crippen LogP contribution in [0.25, 0.3) is 0 Å². The number of halogens is 1. The molecule has 0 saturated heterocycles. The van der Waals surface area contributed by atoms with Crippen LogP contribution in [0, 0.1) is 0 Å². The lowest BCUT2D eigenvalue weighted by molar-refractivity contribution is 0.712. The number of hydrogen-bond donors (Lipinski definition) is 1. The summed E-state index contributed by atoms with van der Waals surface area (Å²) in [5, 5.41) is 0.763. The molecule has 4 heteroatoms. The van der Waals surface area contributed by atoms with Gasteiger partial charge >= 0.3 is 0 Å². The normalized spacial score (nSPS) is 10.8. The minimum atomic E-state index is 0.517. The molecule has 0 aliphatic carbocycles. The van der Waals surface area contributed by atoms with Crippen LogP contribution in [0.1, 0.15) is 23.9 Å². The van der Waals surface area contributed by atoms with Gasteiger partial charge in [0.15, 0.2) is 0 Å². The van der Waals surface area contributed by atoms with Crippen LogP contribution in [0.2, 0.25) is 5.02 Å². The van der Waals surface area contributed by atoms with E-state index in [2.05, 4.69) is 16.5 Å². The molecule has 2 rings (SSSR count). The van der Waals surface area contributed by atoms with E-state index < -0.39 is 0 Å². The molecule has 2 aromatic rings. The number of nitrogens with two attached hydrogens (primary N) is 1. The van der Waals surface area contributed by atoms with Gasteiger partial charge in [-0.3, -0.25) is 0 Å². The van der Waals surface area contributed by atoms with Crippen molar-refractivity contribution in [2.45, 2.75) is 26.4 Å². The fraction of sp³-hybridized carbons (Fsp3) is 0.308. The molecule has 1 aromatic carbocycles. The van der Waals surface area contributed by atoms with Crippen LogP contribution in [0.3, 0.4) is 0 Å². The number of aryl methyl sites for hydroxylation is 1. The summed E-state index contributed by atoms with van der Waals surface area (Å²) in [5.41, 5.74) is 7.72. The predicted molar refractivity (Wildman–Crippen MR) is 70.1 cm³/mol. The van der Waals surface area contributed by atoms with Crippen LogP contribution in [0.4, 0.5) is 0 Å². The van der Waals surface area contributed by atoms with Crippen molar-refractivity contribution in [3.8, 4) is 0 Å². The largest absolute Gasteiger partial charge is 0.335 e. The highest BCUT2D eigenvalue weighted by molar-refractivity contribution is 6.31. The quantitative estimate of drug-likeness (QED) is 0.905. The monoisotopic (exact) mass is 249 g/mol. The minimum Gasteiger partial charge on any atom is -0.335 e. The first-order valence-corrected chi connectivity index (χ1v) is 6.09. The number of aromatic nitrogens is 2. The third kappa shape index (κ3) is 2.68. The second-order valence-corrected chi connectivity index (χ2v) is 4.34. The van der Waals surface area contributed by atoms with Gasteiger partial charge in [-0.25, -0.2) is 4.98 Å². The van der Waals surface area contributed by atoms with Crippen LogP contribution in [-0.4, -0.2) is 9.55 Å². The van der Waals surface area contributed by atoms with Crippen LogP contribution in [0.15, 0.2) is 30.6 Å². The molecule has 90 valence electrons. The van der Waals surface area contributed by atoms with E-state index in [1.54, 1.807) is 0 Å². The molecule has 0 spiro atoms. The summed E-state index contributed by atoms with van der Waals surface area (Å²) >= 11 is 6.23. The Bertz CT molecular complexity index is 505. The third-order valence-electron chi connectivity index (χ3n) is 2.84. The van der Waals surface area contributed by atoms with Crippen LogP contribution < -0.4 is 5.73 Å². The Morgan fingerprint density at radius 3 is 2.88 bits per heavy atom. The molecule has 0 amide bonds. The van der Waals surface area contributed by atoms with Crippen molar-refractivity contribution in [1.29, 1.82) is 0 Å². The number of benzene rings is 1. The van der Waals surface area contributed by atoms with E-state index in [-0.39, 0.29) is 0 Å². The average Bonchev–Trinajstić information content (AvgIpc) is 2.79. The van der Waals surface area contributed by atoms with Gasteiger partial charge in [0, 0.05) is 36.9 Å². The van der Waals surface area contributed by atoms with E-state index in [0.717, 1.165) is 34.9 Å². The molecule has 0 atom stereocenters. The number of rotatable bonds is 4. The maximum absolute atomic E-state index is 6.23. The second kappa shape index (κ2) is 5.34. The summed E-state index contributed by atoms with van der Waals surface area (Å²) in [6, 6.07) is 5.97. The SMILES string of the molecule is CCn1ccnc1Cc1ccc(CN)cc1Cl. The molecular formula is C13H16ClN3. The van der Waals surface area contributed by atoms with Crippen molar-refractivity contribution < 1.29 is 0 Å². The molecule has 1 aromatic heterocycles. The summed E-state index contributed by atoms with van der Waals surface area (Å²) in [4.78, 5) is 4.35. The molecule has 0 bridgehead atoms. The Hall–Kier alpha value is -1.32. The minimum absolute atomic E-state index is 0.517. The highest BCUT2D eigenvalue weighted by Gasteiger charge is 2.06. The van der Waals surface area contributed by atoms with Crippen LogP contribution in [-0.2, 0) is 19.5 Å². The van der Waals surface area contributed by atoms with Gasteiger partial charge < -0.3 is 10.3 Å². The van der Waals surface area contributed by atoms with Crippen molar-refractivity contribution in [2.75, 3.05) is 0 Å². The van der Waals surface area contributed by atoms with Crippen LogP contribution in [0.5, 0.6) is 0 Å². The molecule has 2 N–H and O–H groups in total. The highest BCUT2D eigenvalue weighted by Crippen LogP contribution is 2.20. The van der Waals surface area contributed by atoms with E-state index >= 15 is 0 Å². The lowest BCUT2D eigenvalue weighted by Gasteiger charge is -2.07. The summed E-state index contributed by atoms with van der Waals surface area (Å²) in [7, 11) is 0. The Labute approximate surface area is 106 Å². The maximum atomic E-state index is 6.23. The summed E-state index contributed by atoms with van der Waals surface area (Å²) in [6.07, 6.45) is 4.56. The maximum Gasteiger partial charge on any atom is 0.113 e. The lowest BCUT2D eigenvalue weighted by Crippen LogP contribution is -2.03. The Morgan fingerprint density at radius 1 is 1.41 bits per heavy atom. The third-order valence-corrected chi connectivity index (χ3v) is 3.20. The first-order valence-electron chi connectivity index (χ1n) is 5.72. The first kappa shape index (κ1) is 12.1. The number of imidazole rings is 1. The van der Waals surface area contributed by atoms with Gasteiger partial charge in [0.25, 0.3) is 0 Å². The molecule has 0 aliphatic heterocycles. The summed E-state index contributed by atoms with van der Waals surface area (Å²) in [6.45, 7) is 3.54. The van der Waals surface area contributed by atoms with Gasteiger partial charge in [-0.1, -0.05) is 23.7 Å². The van der Waals surface area contributed by atoms with E-state index in [1.165, 1.54) is 0 Å². The van der Waals surface area contributed by atoms with Gasteiger partial charge in [-0.2, -0.15) is 0 Å². The Balaban J connectivity index is 2.24. The van der Waals surface area contributed by atoms with Crippen molar-refractivity contribution in [3.63, 3.8) is 0 Å². The van der Waals surface area contributed by atoms with Gasteiger partial charge in [0.1, 0.15) is 5.82 Å². The van der Waals surface area contributed by atoms with E-state index in [0.29, 0.717) is 6.54 Å². The smallest absolute Gasteiger partial charge is 0.113 e. The van der Waals surface area contributed by atoms with E-state index in [4.69, 9.17) is 17.3 Å². The zero-order valence-corrected chi connectivity index (χ0v) is 10.6. The van der Waals surface area contributed by atoms with Crippen molar-refractivity contribution in [2.24, 2.45) is 5.73 Å². The fourth-order valence-corrected chi connectivity index (χ4v) is 2.10. The average molecular weight is 250 g/mol. The first-order chi connectivity index (χ1) is 8.24. The fourth-order valence-electron chi connectivity index (χ4n) is 1.83. The molecule has 0 unspecified atom stereocenters. The molecule has 0 aliphatic rings. The number of nitrogens with zero attached hydrogens (tertiary/aromatic N) is 2. The Morgan fingerprint density at radius 2 is 2.24 bits per heavy atom. The predicted octanol–water partition coefficient (Wildman–Crippen LogP) is 2.61. The molecule has 0 radical (unpaired) electrons. The standard InChI is InChI=1S/C13H16ClN3/c1-2-17-6-5-16-13(17)8-11-4-3-10(9-15)7-12(11)14/h3-7H,2,8-9,15H2,1H3. The van der Waals surface area contributed by atoms with Crippen LogP contribution >= 0.6 is 11.6 Å². The van der Waals surface area contributed by atoms with Gasteiger partial charge in [0.05, 0.1) is 0 Å². The van der Waals surface area contributed by atoms with Crippen molar-refractivity contribution in [3.05, 3.63) is 52.6 Å². The molecular weight excluding hydrogens is 234 g/mol. The Kier molecular flexibility index (Phi) is 3.82. The molecule has 3 nitrogen and oxygen atoms in total. The summed E-state index contributed by atoms with van der Waals surface area (Å²) in [5.74, 6) is 1.04. The highest BCUT2D eigenvalue weighted by atomic mass is 35.5. The topological polar surface area (TPSA) is 43.8 Å². The van der Waals surface area contributed by atoms with E-state index in [1.807, 2.05) is 30.6 Å². The lowest BCUT2D eigenvalue weighted by atomic mass is 10.1. The molecule has 1 heterocycles. The van der Waals surface area contributed by atoms with Gasteiger partial charge in [-0.05, 0) is 24.1 Å². The molecule has 0 saturated carbocycles. The second-order valence-electron chi connectivity index (χ2n) is 3.94. The zero-order valence-electron chi connectivity index (χ0n) is 9.86. The molecule has 0 fully saturated rings. The van der Waals surface area contributed by atoms with Crippen molar-refractivity contribution >= 4 is 11.6 Å². The molecule has 17 heavy (non-hydrogen) atoms. The van der Waals surface area contributed by atoms with Gasteiger partial charge in [0.2, 0.25) is 0 Å². The van der Waals surface area contributed by atoms with Crippen molar-refractivity contribution in [1.82, 2.24) is 9.55 Å².